The minimum absolute atomic E-state index is 0.0175. The molecule has 1 rings (SSSR count). The van der Waals surface area contributed by atoms with Crippen LogP contribution in [0, 0.1) is 5.92 Å². The first-order valence-corrected chi connectivity index (χ1v) is 6.91. The molecule has 2 N–H and O–H groups in total. The summed E-state index contributed by atoms with van der Waals surface area (Å²) in [5.74, 6) is 0.188. The summed E-state index contributed by atoms with van der Waals surface area (Å²) in [6.45, 7) is 6.02. The summed E-state index contributed by atoms with van der Waals surface area (Å²) < 4.78 is 5.44. The molecule has 0 aromatic heterocycles. The van der Waals surface area contributed by atoms with Crippen molar-refractivity contribution in [2.75, 3.05) is 46.9 Å². The monoisotopic (exact) mass is 257 g/mol. The number of nitrogens with one attached hydrogen (secondary N) is 2. The molecular formula is C13H27N3O2. The molecule has 106 valence electrons. The largest absolute Gasteiger partial charge is 0.379 e. The van der Waals surface area contributed by atoms with E-state index >= 15 is 0 Å². The van der Waals surface area contributed by atoms with Crippen LogP contribution in [0.5, 0.6) is 0 Å². The maximum atomic E-state index is 12.3. The maximum absolute atomic E-state index is 12.3. The molecule has 0 spiro atoms. The van der Waals surface area contributed by atoms with Crippen molar-refractivity contribution < 1.29 is 9.53 Å². The van der Waals surface area contributed by atoms with Crippen molar-refractivity contribution in [2.45, 2.75) is 25.8 Å². The van der Waals surface area contributed by atoms with E-state index in [9.17, 15) is 4.79 Å². The number of carbonyl (C=O) groups is 1. The Morgan fingerprint density at radius 1 is 1.39 bits per heavy atom. The summed E-state index contributed by atoms with van der Waals surface area (Å²) >= 11 is 0. The van der Waals surface area contributed by atoms with E-state index in [1.54, 1.807) is 0 Å². The highest BCUT2D eigenvalue weighted by atomic mass is 16.5. The zero-order valence-electron chi connectivity index (χ0n) is 11.9. The molecule has 5 nitrogen and oxygen atoms in total. The van der Waals surface area contributed by atoms with Crippen LogP contribution in [0.4, 0.5) is 0 Å². The normalized spacial score (nSPS) is 23.3. The molecular weight excluding hydrogens is 230 g/mol. The fraction of sp³-hybridized carbons (Fsp3) is 0.923. The molecule has 18 heavy (non-hydrogen) atoms. The van der Waals surface area contributed by atoms with Gasteiger partial charge < -0.3 is 20.3 Å². The molecule has 0 aliphatic carbocycles. The Labute approximate surface area is 110 Å². The summed E-state index contributed by atoms with van der Waals surface area (Å²) in [7, 11) is 3.81. The Bertz CT molecular complexity index is 248. The van der Waals surface area contributed by atoms with E-state index in [0.717, 1.165) is 32.5 Å². The molecule has 1 saturated heterocycles. The van der Waals surface area contributed by atoms with Gasteiger partial charge in [0.05, 0.1) is 19.1 Å². The van der Waals surface area contributed by atoms with E-state index in [4.69, 9.17) is 4.74 Å². The second kappa shape index (κ2) is 8.45. The van der Waals surface area contributed by atoms with E-state index < -0.39 is 0 Å². The van der Waals surface area contributed by atoms with E-state index in [0.29, 0.717) is 13.2 Å². The van der Waals surface area contributed by atoms with Crippen molar-refractivity contribution in [3.63, 3.8) is 0 Å². The standard InChI is InChI=1S/C13H27N3O2/c1-4-6-15-12-10-18-9-11(12)13(17)16(3)8-5-7-14-2/h11-12,14-15H,4-10H2,1-3H3. The minimum Gasteiger partial charge on any atom is -0.379 e. The number of amides is 1. The van der Waals surface area contributed by atoms with Gasteiger partial charge in [0, 0.05) is 19.6 Å². The van der Waals surface area contributed by atoms with Gasteiger partial charge in [-0.05, 0) is 33.0 Å². The Morgan fingerprint density at radius 3 is 2.83 bits per heavy atom. The minimum atomic E-state index is -0.0175. The first kappa shape index (κ1) is 15.4. The van der Waals surface area contributed by atoms with Gasteiger partial charge in [-0.15, -0.1) is 0 Å². The Kier molecular flexibility index (Phi) is 7.23. The van der Waals surface area contributed by atoms with E-state index in [1.165, 1.54) is 0 Å². The number of hydrogen-bond donors (Lipinski definition) is 2. The first-order valence-electron chi connectivity index (χ1n) is 6.91. The first-order chi connectivity index (χ1) is 8.70. The van der Waals surface area contributed by atoms with Crippen LogP contribution in [0.3, 0.4) is 0 Å². The van der Waals surface area contributed by atoms with Crippen molar-refractivity contribution in [2.24, 2.45) is 5.92 Å². The van der Waals surface area contributed by atoms with Gasteiger partial charge in [-0.25, -0.2) is 0 Å². The lowest BCUT2D eigenvalue weighted by Gasteiger charge is -2.24. The third-order valence-corrected chi connectivity index (χ3v) is 3.35. The van der Waals surface area contributed by atoms with Crippen LogP contribution >= 0.6 is 0 Å². The van der Waals surface area contributed by atoms with Crippen LogP contribution in [0.25, 0.3) is 0 Å². The Balaban J connectivity index is 2.38. The summed E-state index contributed by atoms with van der Waals surface area (Å²) in [4.78, 5) is 14.1. The molecule has 1 amide bonds. The number of hydrogen-bond acceptors (Lipinski definition) is 4. The highest BCUT2D eigenvalue weighted by Gasteiger charge is 2.34. The fourth-order valence-corrected chi connectivity index (χ4v) is 2.21. The van der Waals surface area contributed by atoms with Gasteiger partial charge in [0.1, 0.15) is 0 Å². The molecule has 0 saturated carbocycles. The molecule has 5 heteroatoms. The van der Waals surface area contributed by atoms with Crippen LogP contribution < -0.4 is 10.6 Å². The van der Waals surface area contributed by atoms with Crippen LogP contribution in [-0.4, -0.2) is 63.8 Å². The van der Waals surface area contributed by atoms with Gasteiger partial charge in [0.15, 0.2) is 0 Å². The Hall–Kier alpha value is -0.650. The molecule has 1 heterocycles. The molecule has 0 aromatic rings. The summed E-state index contributed by atoms with van der Waals surface area (Å²) in [6.07, 6.45) is 2.06. The second-order valence-corrected chi connectivity index (χ2v) is 4.92. The van der Waals surface area contributed by atoms with Crippen molar-refractivity contribution >= 4 is 5.91 Å². The average Bonchev–Trinajstić information content (AvgIpc) is 2.83. The third kappa shape index (κ3) is 4.55. The second-order valence-electron chi connectivity index (χ2n) is 4.92. The molecule has 2 unspecified atom stereocenters. The van der Waals surface area contributed by atoms with E-state index in [-0.39, 0.29) is 17.9 Å². The van der Waals surface area contributed by atoms with Gasteiger partial charge in [-0.1, -0.05) is 6.92 Å². The van der Waals surface area contributed by atoms with E-state index in [1.807, 2.05) is 19.0 Å². The van der Waals surface area contributed by atoms with Crippen LogP contribution in [0.2, 0.25) is 0 Å². The maximum Gasteiger partial charge on any atom is 0.229 e. The molecule has 1 fully saturated rings. The topological polar surface area (TPSA) is 53.6 Å². The van der Waals surface area contributed by atoms with Gasteiger partial charge in [-0.2, -0.15) is 0 Å². The van der Waals surface area contributed by atoms with E-state index in [2.05, 4.69) is 17.6 Å². The smallest absolute Gasteiger partial charge is 0.229 e. The zero-order chi connectivity index (χ0) is 13.4. The molecule has 0 bridgehead atoms. The predicted octanol–water partition coefficient (Wildman–Crippen LogP) is 0.0689. The number of nitrogens with zero attached hydrogens (tertiary/aromatic N) is 1. The molecule has 0 aromatic carbocycles. The number of carbonyl (C=O) groups excluding carboxylic acids is 1. The fourth-order valence-electron chi connectivity index (χ4n) is 2.21. The lowest BCUT2D eigenvalue weighted by molar-refractivity contribution is -0.134. The highest BCUT2D eigenvalue weighted by molar-refractivity contribution is 5.79. The van der Waals surface area contributed by atoms with Crippen molar-refractivity contribution in [3.05, 3.63) is 0 Å². The average molecular weight is 257 g/mol. The van der Waals surface area contributed by atoms with Crippen LogP contribution in [-0.2, 0) is 9.53 Å². The highest BCUT2D eigenvalue weighted by Crippen LogP contribution is 2.16. The van der Waals surface area contributed by atoms with Crippen LogP contribution in [0.1, 0.15) is 19.8 Å². The number of ether oxygens (including phenoxy) is 1. The summed E-state index contributed by atoms with van der Waals surface area (Å²) in [5, 5.41) is 6.49. The van der Waals surface area contributed by atoms with Gasteiger partial charge in [0.25, 0.3) is 0 Å². The van der Waals surface area contributed by atoms with Crippen molar-refractivity contribution in [3.8, 4) is 0 Å². The molecule has 1 aliphatic rings. The SMILES string of the molecule is CCCNC1COCC1C(=O)N(C)CCCNC. The number of rotatable bonds is 8. The molecule has 2 atom stereocenters. The summed E-state index contributed by atoms with van der Waals surface area (Å²) in [6, 6.07) is 0.184. The lowest BCUT2D eigenvalue weighted by Crippen LogP contribution is -2.45. The summed E-state index contributed by atoms with van der Waals surface area (Å²) in [5.41, 5.74) is 0. The van der Waals surface area contributed by atoms with Gasteiger partial charge >= 0.3 is 0 Å². The Morgan fingerprint density at radius 2 is 2.17 bits per heavy atom. The van der Waals surface area contributed by atoms with Crippen molar-refractivity contribution in [1.82, 2.24) is 15.5 Å². The molecule has 0 radical (unpaired) electrons. The van der Waals surface area contributed by atoms with Crippen LogP contribution in [0.15, 0.2) is 0 Å². The quantitative estimate of drug-likeness (QED) is 0.604. The lowest BCUT2D eigenvalue weighted by atomic mass is 10.0. The zero-order valence-corrected chi connectivity index (χ0v) is 11.9. The van der Waals surface area contributed by atoms with Crippen molar-refractivity contribution in [1.29, 1.82) is 0 Å². The predicted molar refractivity (Wildman–Crippen MR) is 72.6 cm³/mol. The molecule has 1 aliphatic heterocycles. The van der Waals surface area contributed by atoms with Gasteiger partial charge in [-0.3, -0.25) is 4.79 Å². The third-order valence-electron chi connectivity index (χ3n) is 3.35. The van der Waals surface area contributed by atoms with Gasteiger partial charge in [0.2, 0.25) is 5.91 Å².